The molecular weight excluding hydrogens is 206 g/mol. The van der Waals surface area contributed by atoms with E-state index < -0.39 is 0 Å². The third-order valence-electron chi connectivity index (χ3n) is 3.69. The molecule has 0 spiro atoms. The van der Waals surface area contributed by atoms with E-state index in [1.165, 1.54) is 38.8 Å². The van der Waals surface area contributed by atoms with Crippen molar-refractivity contribution in [1.82, 2.24) is 5.32 Å². The third-order valence-corrected chi connectivity index (χ3v) is 3.69. The second-order valence-electron chi connectivity index (χ2n) is 4.53. The predicted molar refractivity (Wildman–Crippen MR) is 65.9 cm³/mol. The van der Waals surface area contributed by atoms with E-state index in [9.17, 15) is 0 Å². The fourth-order valence-corrected chi connectivity index (χ4v) is 2.78. The van der Waals surface area contributed by atoms with E-state index >= 15 is 0 Å². The first-order valence-corrected chi connectivity index (χ1v) is 5.76. The first-order valence-electron chi connectivity index (χ1n) is 5.76. The molecule has 0 aromatic heterocycles. The molecule has 2 heteroatoms. The molecule has 0 radical (unpaired) electrons. The maximum absolute atomic E-state index is 3.50. The first kappa shape index (κ1) is 11.0. The lowest BCUT2D eigenvalue weighted by atomic mass is 9.78. The van der Waals surface area contributed by atoms with Gasteiger partial charge in [0, 0.05) is 6.54 Å². The molecule has 0 saturated carbocycles. The Hall–Kier alpha value is -0.530. The number of nitrogens with one attached hydrogen (secondary N) is 1. The van der Waals surface area contributed by atoms with E-state index in [1.807, 2.05) is 0 Å². The van der Waals surface area contributed by atoms with Gasteiger partial charge in [0.05, 0.1) is 0 Å². The van der Waals surface area contributed by atoms with Crippen molar-refractivity contribution in [3.05, 3.63) is 34.9 Å². The number of hydrogen-bond donors (Lipinski definition) is 1. The zero-order valence-corrected chi connectivity index (χ0v) is 9.78. The van der Waals surface area contributed by atoms with Crippen LogP contribution in [-0.2, 0) is 12.8 Å². The molecule has 15 heavy (non-hydrogen) atoms. The Morgan fingerprint density at radius 2 is 2.13 bits per heavy atom. The fraction of sp³-hybridized carbons (Fsp3) is 0.538. The monoisotopic (exact) mass is 223 g/mol. The second kappa shape index (κ2) is 4.54. The normalized spacial score (nSPS) is 23.6. The Balaban J connectivity index is 0.000000853. The molecule has 0 bridgehead atoms. The summed E-state index contributed by atoms with van der Waals surface area (Å²) in [6, 6.07) is 6.87. The van der Waals surface area contributed by atoms with Crippen LogP contribution in [0.3, 0.4) is 0 Å². The van der Waals surface area contributed by atoms with Gasteiger partial charge in [-0.25, -0.2) is 0 Å². The summed E-state index contributed by atoms with van der Waals surface area (Å²) in [7, 11) is 0. The number of halogens is 1. The molecule has 3 rings (SSSR count). The highest BCUT2D eigenvalue weighted by atomic mass is 35.5. The van der Waals surface area contributed by atoms with Crippen LogP contribution in [0.25, 0.3) is 0 Å². The molecular formula is C13H18ClN. The van der Waals surface area contributed by atoms with Crippen molar-refractivity contribution >= 4 is 12.4 Å². The molecule has 1 N–H and O–H groups in total. The molecule has 1 aromatic rings. The predicted octanol–water partition coefficient (Wildman–Crippen LogP) is 2.67. The van der Waals surface area contributed by atoms with Crippen molar-refractivity contribution in [1.29, 1.82) is 0 Å². The maximum Gasteiger partial charge on any atom is 0.00202 e. The summed E-state index contributed by atoms with van der Waals surface area (Å²) < 4.78 is 0. The molecule has 82 valence electrons. The summed E-state index contributed by atoms with van der Waals surface area (Å²) in [6.45, 7) is 2.40. The molecule has 1 nitrogen and oxygen atoms in total. The zero-order valence-electron chi connectivity index (χ0n) is 8.96. The van der Waals surface area contributed by atoms with Gasteiger partial charge in [0.15, 0.2) is 0 Å². The molecule has 1 fully saturated rings. The van der Waals surface area contributed by atoms with Crippen LogP contribution in [0.4, 0.5) is 0 Å². The van der Waals surface area contributed by atoms with Gasteiger partial charge in [-0.1, -0.05) is 18.2 Å². The fourth-order valence-electron chi connectivity index (χ4n) is 2.78. The van der Waals surface area contributed by atoms with Gasteiger partial charge in [0.25, 0.3) is 0 Å². The quantitative estimate of drug-likeness (QED) is 0.772. The Morgan fingerprint density at radius 1 is 1.20 bits per heavy atom. The van der Waals surface area contributed by atoms with Crippen molar-refractivity contribution in [2.75, 3.05) is 13.1 Å². The highest BCUT2D eigenvalue weighted by molar-refractivity contribution is 5.85. The lowest BCUT2D eigenvalue weighted by molar-refractivity contribution is 0.457. The molecule has 0 amide bonds. The van der Waals surface area contributed by atoms with Crippen molar-refractivity contribution in [2.24, 2.45) is 0 Å². The third kappa shape index (κ3) is 1.91. The van der Waals surface area contributed by atoms with Crippen LogP contribution in [0.15, 0.2) is 18.2 Å². The maximum atomic E-state index is 3.50. The van der Waals surface area contributed by atoms with Gasteiger partial charge in [-0.2, -0.15) is 0 Å². The molecule has 1 aliphatic heterocycles. The Bertz CT molecular complexity index is 342. The van der Waals surface area contributed by atoms with Gasteiger partial charge in [0.2, 0.25) is 0 Å². The number of piperidine rings is 1. The average molecular weight is 224 g/mol. The summed E-state index contributed by atoms with van der Waals surface area (Å²) in [6.07, 6.45) is 5.35. The molecule has 1 saturated heterocycles. The smallest absolute Gasteiger partial charge is 0.00202 e. The van der Waals surface area contributed by atoms with Crippen molar-refractivity contribution in [2.45, 2.75) is 31.6 Å². The van der Waals surface area contributed by atoms with Gasteiger partial charge < -0.3 is 5.32 Å². The lowest BCUT2D eigenvalue weighted by Gasteiger charge is -2.30. The standard InChI is InChI=1S/C13H17N.ClH/c1-3-10-6-7-13(10)12(5-1)11-4-2-8-14-9-11;/h1,3,5,11,14H,2,4,6-9H2;1H. The van der Waals surface area contributed by atoms with Gasteiger partial charge in [-0.15, -0.1) is 12.4 Å². The van der Waals surface area contributed by atoms with Crippen LogP contribution < -0.4 is 5.32 Å². The van der Waals surface area contributed by atoms with Crippen molar-refractivity contribution in [3.63, 3.8) is 0 Å². The second-order valence-corrected chi connectivity index (χ2v) is 4.53. The topological polar surface area (TPSA) is 12.0 Å². The van der Waals surface area contributed by atoms with Crippen LogP contribution in [0.2, 0.25) is 0 Å². The average Bonchev–Trinajstić information content (AvgIpc) is 2.21. The van der Waals surface area contributed by atoms with E-state index in [4.69, 9.17) is 0 Å². The van der Waals surface area contributed by atoms with Crippen LogP contribution in [-0.4, -0.2) is 13.1 Å². The van der Waals surface area contributed by atoms with E-state index in [2.05, 4.69) is 23.5 Å². The van der Waals surface area contributed by atoms with E-state index in [0.717, 1.165) is 5.92 Å². The van der Waals surface area contributed by atoms with Gasteiger partial charge in [-0.05, 0) is 54.8 Å². The Kier molecular flexibility index (Phi) is 3.32. The highest BCUT2D eigenvalue weighted by Crippen LogP contribution is 2.33. The zero-order chi connectivity index (χ0) is 9.38. The molecule has 1 heterocycles. The summed E-state index contributed by atoms with van der Waals surface area (Å²) in [5.41, 5.74) is 4.91. The molecule has 1 aromatic carbocycles. The minimum Gasteiger partial charge on any atom is -0.316 e. The van der Waals surface area contributed by atoms with Gasteiger partial charge in [0.1, 0.15) is 0 Å². The number of fused-ring (bicyclic) bond motifs is 1. The van der Waals surface area contributed by atoms with Crippen LogP contribution in [0, 0.1) is 0 Å². The van der Waals surface area contributed by atoms with Gasteiger partial charge in [-0.3, -0.25) is 0 Å². The minimum absolute atomic E-state index is 0. The van der Waals surface area contributed by atoms with E-state index in [-0.39, 0.29) is 12.4 Å². The Morgan fingerprint density at radius 3 is 2.80 bits per heavy atom. The molecule has 1 unspecified atom stereocenters. The molecule has 1 aliphatic carbocycles. The van der Waals surface area contributed by atoms with Crippen molar-refractivity contribution < 1.29 is 0 Å². The largest absolute Gasteiger partial charge is 0.316 e. The van der Waals surface area contributed by atoms with Crippen LogP contribution in [0.5, 0.6) is 0 Å². The van der Waals surface area contributed by atoms with E-state index in [0.29, 0.717) is 0 Å². The summed E-state index contributed by atoms with van der Waals surface area (Å²) in [5.74, 6) is 0.791. The minimum atomic E-state index is 0. The van der Waals surface area contributed by atoms with Gasteiger partial charge >= 0.3 is 0 Å². The van der Waals surface area contributed by atoms with Crippen molar-refractivity contribution in [3.8, 4) is 0 Å². The summed E-state index contributed by atoms with van der Waals surface area (Å²) in [4.78, 5) is 0. The number of aryl methyl sites for hydroxylation is 1. The number of rotatable bonds is 1. The Labute approximate surface area is 97.7 Å². The van der Waals surface area contributed by atoms with Crippen LogP contribution in [0.1, 0.15) is 35.4 Å². The summed E-state index contributed by atoms with van der Waals surface area (Å²) >= 11 is 0. The van der Waals surface area contributed by atoms with E-state index in [1.54, 1.807) is 16.7 Å². The number of benzene rings is 1. The molecule has 2 aliphatic rings. The SMILES string of the molecule is Cl.c1cc2c(c(C3CCCNC3)c1)CC2. The molecule has 1 atom stereocenters. The van der Waals surface area contributed by atoms with Crippen LogP contribution >= 0.6 is 12.4 Å². The number of hydrogen-bond acceptors (Lipinski definition) is 1. The first-order chi connectivity index (χ1) is 6.95. The highest BCUT2D eigenvalue weighted by Gasteiger charge is 2.23. The lowest BCUT2D eigenvalue weighted by Crippen LogP contribution is -2.29. The summed E-state index contributed by atoms with van der Waals surface area (Å²) in [5, 5.41) is 3.50.